The maximum Gasteiger partial charge on any atom is 0.115 e. The molecule has 1 heterocycles. The summed E-state index contributed by atoms with van der Waals surface area (Å²) in [6.45, 7) is 6.74. The second-order valence-electron chi connectivity index (χ2n) is 9.33. The second kappa shape index (κ2) is 7.96. The summed E-state index contributed by atoms with van der Waals surface area (Å²) in [4.78, 5) is 2.51. The summed E-state index contributed by atoms with van der Waals surface area (Å²) in [5.74, 6) is 1.28. The van der Waals surface area contributed by atoms with Crippen LogP contribution in [0.3, 0.4) is 0 Å². The predicted octanol–water partition coefficient (Wildman–Crippen LogP) is 4.96. The Kier molecular flexibility index (Phi) is 5.16. The van der Waals surface area contributed by atoms with Crippen LogP contribution in [0, 0.1) is 5.41 Å². The van der Waals surface area contributed by atoms with Crippen molar-refractivity contribution >= 4 is 0 Å². The zero-order chi connectivity index (χ0) is 20.6. The molecule has 1 saturated heterocycles. The Bertz CT molecular complexity index is 958. The molecule has 3 atom stereocenters. The zero-order valence-electron chi connectivity index (χ0n) is 17.8. The minimum absolute atomic E-state index is 0.0597. The molecule has 2 aromatic carbocycles. The van der Waals surface area contributed by atoms with E-state index in [-0.39, 0.29) is 5.41 Å². The van der Waals surface area contributed by atoms with Crippen molar-refractivity contribution in [3.05, 3.63) is 89.1 Å². The van der Waals surface area contributed by atoms with E-state index in [2.05, 4.69) is 71.8 Å². The number of aryl methyl sites for hydroxylation is 1. The third-order valence-corrected chi connectivity index (χ3v) is 7.39. The maximum absolute atomic E-state index is 10.1. The van der Waals surface area contributed by atoms with Crippen molar-refractivity contribution in [2.24, 2.45) is 5.41 Å². The molecule has 2 N–H and O–H groups in total. The van der Waals surface area contributed by atoms with Crippen LogP contribution >= 0.6 is 0 Å². The molecule has 0 saturated carbocycles. The Labute approximate surface area is 180 Å². The van der Waals surface area contributed by atoms with E-state index in [1.54, 1.807) is 0 Å². The number of hydrogen-bond donors (Lipinski definition) is 2. The summed E-state index contributed by atoms with van der Waals surface area (Å²) in [6, 6.07) is 17.1. The first-order valence-electron chi connectivity index (χ1n) is 11.4. The molecule has 1 aliphatic heterocycles. The van der Waals surface area contributed by atoms with Crippen LogP contribution in [0.15, 0.2) is 72.5 Å². The lowest BCUT2D eigenvalue weighted by atomic mass is 9.59. The number of nitrogens with zero attached hydrogens (tertiary/aromatic N) is 1. The van der Waals surface area contributed by atoms with Crippen LogP contribution in [-0.2, 0) is 6.42 Å². The van der Waals surface area contributed by atoms with Crippen molar-refractivity contribution in [3.63, 3.8) is 0 Å². The maximum atomic E-state index is 10.1. The SMILES string of the molecule is CC1([C@@H]2c3ccc(O)cc3CC[C@@H]2c2ccccc2)C=CC(N2CCNCC2)=CC1. The number of hydrogen-bond acceptors (Lipinski definition) is 3. The van der Waals surface area contributed by atoms with E-state index in [9.17, 15) is 5.11 Å². The second-order valence-corrected chi connectivity index (χ2v) is 9.33. The predicted molar refractivity (Wildman–Crippen MR) is 123 cm³/mol. The van der Waals surface area contributed by atoms with Gasteiger partial charge in [0.1, 0.15) is 5.75 Å². The number of phenolic OH excluding ortho intramolecular Hbond substituents is 1. The standard InChI is InChI=1S/C27H32N2O/c1-27(13-11-22(12-14-27)29-17-15-28-16-18-29)26-24(20-5-3-2-4-6-20)9-7-21-19-23(30)8-10-25(21)26/h2-6,8,10-13,19,24,26,28,30H,7,9,14-18H2,1H3/t24-,26+,27?/m1/s1. The smallest absolute Gasteiger partial charge is 0.115 e. The molecule has 0 aromatic heterocycles. The fourth-order valence-corrected chi connectivity index (χ4v) is 5.81. The third kappa shape index (κ3) is 3.56. The van der Waals surface area contributed by atoms with Crippen LogP contribution < -0.4 is 5.32 Å². The quantitative estimate of drug-likeness (QED) is 0.764. The van der Waals surface area contributed by atoms with Gasteiger partial charge in [0.05, 0.1) is 0 Å². The molecular weight excluding hydrogens is 368 g/mol. The highest BCUT2D eigenvalue weighted by molar-refractivity contribution is 5.45. The number of piperazine rings is 1. The first kappa shape index (κ1) is 19.4. The fourth-order valence-electron chi connectivity index (χ4n) is 5.81. The molecule has 1 unspecified atom stereocenters. The summed E-state index contributed by atoms with van der Waals surface area (Å²) in [7, 11) is 0. The molecule has 2 aliphatic carbocycles. The molecule has 3 nitrogen and oxygen atoms in total. The van der Waals surface area contributed by atoms with Gasteiger partial charge in [-0.05, 0) is 65.5 Å². The number of aromatic hydroxyl groups is 1. The lowest BCUT2D eigenvalue weighted by Crippen LogP contribution is -2.43. The van der Waals surface area contributed by atoms with Crippen molar-refractivity contribution in [1.29, 1.82) is 0 Å². The van der Waals surface area contributed by atoms with E-state index in [0.29, 0.717) is 17.6 Å². The first-order chi connectivity index (χ1) is 14.6. The Morgan fingerprint density at radius 2 is 1.87 bits per heavy atom. The van der Waals surface area contributed by atoms with E-state index in [4.69, 9.17) is 0 Å². The largest absolute Gasteiger partial charge is 0.508 e. The lowest BCUT2D eigenvalue weighted by Gasteiger charge is -2.46. The molecule has 0 amide bonds. The average molecular weight is 401 g/mol. The molecule has 156 valence electrons. The minimum Gasteiger partial charge on any atom is -0.508 e. The van der Waals surface area contributed by atoms with E-state index in [0.717, 1.165) is 45.4 Å². The molecule has 30 heavy (non-hydrogen) atoms. The Hall–Kier alpha value is -2.52. The van der Waals surface area contributed by atoms with Gasteiger partial charge in [0.25, 0.3) is 0 Å². The van der Waals surface area contributed by atoms with Crippen molar-refractivity contribution < 1.29 is 5.11 Å². The van der Waals surface area contributed by atoms with Gasteiger partial charge in [-0.1, -0.05) is 55.5 Å². The van der Waals surface area contributed by atoms with Crippen LogP contribution in [0.1, 0.15) is 48.3 Å². The van der Waals surface area contributed by atoms with Gasteiger partial charge in [-0.3, -0.25) is 0 Å². The zero-order valence-corrected chi connectivity index (χ0v) is 17.8. The summed E-state index contributed by atoms with van der Waals surface area (Å²) < 4.78 is 0. The summed E-state index contributed by atoms with van der Waals surface area (Å²) in [5.41, 5.74) is 5.61. The molecule has 0 radical (unpaired) electrons. The van der Waals surface area contributed by atoms with Crippen molar-refractivity contribution in [3.8, 4) is 5.75 Å². The molecule has 1 fully saturated rings. The Morgan fingerprint density at radius 3 is 2.60 bits per heavy atom. The molecular formula is C27H32N2O. The van der Waals surface area contributed by atoms with Crippen LogP contribution in [-0.4, -0.2) is 36.2 Å². The number of nitrogens with one attached hydrogen (secondary N) is 1. The van der Waals surface area contributed by atoms with Gasteiger partial charge in [-0.15, -0.1) is 0 Å². The molecule has 3 heteroatoms. The normalized spacial score (nSPS) is 28.7. The average Bonchev–Trinajstić information content (AvgIpc) is 2.80. The monoisotopic (exact) mass is 400 g/mol. The van der Waals surface area contributed by atoms with E-state index >= 15 is 0 Å². The topological polar surface area (TPSA) is 35.5 Å². The lowest BCUT2D eigenvalue weighted by molar-refractivity contribution is 0.259. The molecule has 0 spiro atoms. The van der Waals surface area contributed by atoms with Gasteiger partial charge in [0, 0.05) is 37.8 Å². The Balaban J connectivity index is 1.51. The van der Waals surface area contributed by atoms with Crippen LogP contribution in [0.4, 0.5) is 0 Å². The van der Waals surface area contributed by atoms with Gasteiger partial charge in [0.2, 0.25) is 0 Å². The Morgan fingerprint density at radius 1 is 1.07 bits per heavy atom. The van der Waals surface area contributed by atoms with E-state index in [1.165, 1.54) is 22.4 Å². The number of allylic oxidation sites excluding steroid dienone is 3. The summed E-state index contributed by atoms with van der Waals surface area (Å²) >= 11 is 0. The van der Waals surface area contributed by atoms with Gasteiger partial charge >= 0.3 is 0 Å². The third-order valence-electron chi connectivity index (χ3n) is 7.39. The van der Waals surface area contributed by atoms with Crippen LogP contribution in [0.2, 0.25) is 0 Å². The van der Waals surface area contributed by atoms with Crippen molar-refractivity contribution in [2.75, 3.05) is 26.2 Å². The molecule has 5 rings (SSSR count). The fraction of sp³-hybridized carbons (Fsp3) is 0.407. The van der Waals surface area contributed by atoms with E-state index < -0.39 is 0 Å². The molecule has 0 bridgehead atoms. The summed E-state index contributed by atoms with van der Waals surface area (Å²) in [6.07, 6.45) is 10.5. The van der Waals surface area contributed by atoms with Gasteiger partial charge < -0.3 is 15.3 Å². The van der Waals surface area contributed by atoms with Gasteiger partial charge in [-0.25, -0.2) is 0 Å². The highest BCUT2D eigenvalue weighted by Crippen LogP contribution is 2.55. The minimum atomic E-state index is 0.0597. The first-order valence-corrected chi connectivity index (χ1v) is 11.4. The van der Waals surface area contributed by atoms with Crippen LogP contribution in [0.25, 0.3) is 0 Å². The van der Waals surface area contributed by atoms with Crippen molar-refractivity contribution in [2.45, 2.75) is 38.0 Å². The number of fused-ring (bicyclic) bond motifs is 1. The van der Waals surface area contributed by atoms with E-state index in [1.807, 2.05) is 12.1 Å². The highest BCUT2D eigenvalue weighted by atomic mass is 16.3. The molecule has 2 aromatic rings. The number of rotatable bonds is 3. The highest BCUT2D eigenvalue weighted by Gasteiger charge is 2.42. The number of benzene rings is 2. The van der Waals surface area contributed by atoms with Gasteiger partial charge in [-0.2, -0.15) is 0 Å². The van der Waals surface area contributed by atoms with Crippen molar-refractivity contribution in [1.82, 2.24) is 10.2 Å². The molecule has 3 aliphatic rings. The van der Waals surface area contributed by atoms with Gasteiger partial charge in [0.15, 0.2) is 0 Å². The van der Waals surface area contributed by atoms with Crippen LogP contribution in [0.5, 0.6) is 5.75 Å². The number of phenols is 1. The summed E-state index contributed by atoms with van der Waals surface area (Å²) in [5, 5.41) is 13.5.